The Morgan fingerprint density at radius 3 is 2.32 bits per heavy atom. The molecule has 0 aliphatic carbocycles. The molecule has 1 heterocycles. The molecule has 8 heteroatoms. The number of rotatable bonds is 4. The first-order chi connectivity index (χ1) is 14.3. The monoisotopic (exact) mass is 430 g/mol. The van der Waals surface area contributed by atoms with Crippen LogP contribution in [0.4, 0.5) is 24.5 Å². The third kappa shape index (κ3) is 5.65. The standard InChI is InChI=1S/C23H25F3N4O/c1-14-6-7-16(8-20(14)29-22(3,4)5)21(31)28-18-9-17(23(24,25)26)10-19(11-18)30-12-15(2)27-13-30/h6-13,29H,1-5H3,(H,28,31). The Balaban J connectivity index is 1.95. The first-order valence-corrected chi connectivity index (χ1v) is 9.75. The van der Waals surface area contributed by atoms with Crippen LogP contribution in [-0.2, 0) is 6.18 Å². The van der Waals surface area contributed by atoms with Crippen LogP contribution in [-0.4, -0.2) is 21.0 Å². The van der Waals surface area contributed by atoms with E-state index in [2.05, 4.69) is 15.6 Å². The molecule has 31 heavy (non-hydrogen) atoms. The molecule has 2 N–H and O–H groups in total. The van der Waals surface area contributed by atoms with Gasteiger partial charge in [-0.3, -0.25) is 4.79 Å². The zero-order valence-corrected chi connectivity index (χ0v) is 18.1. The zero-order valence-electron chi connectivity index (χ0n) is 18.1. The number of hydrogen-bond donors (Lipinski definition) is 2. The molecule has 5 nitrogen and oxygen atoms in total. The smallest absolute Gasteiger partial charge is 0.380 e. The summed E-state index contributed by atoms with van der Waals surface area (Å²) in [7, 11) is 0. The van der Waals surface area contributed by atoms with Crippen LogP contribution in [0, 0.1) is 13.8 Å². The third-order valence-electron chi connectivity index (χ3n) is 4.52. The van der Waals surface area contributed by atoms with Crippen LogP contribution >= 0.6 is 0 Å². The van der Waals surface area contributed by atoms with Crippen LogP contribution in [0.3, 0.4) is 0 Å². The Morgan fingerprint density at radius 1 is 1.03 bits per heavy atom. The van der Waals surface area contributed by atoms with Gasteiger partial charge >= 0.3 is 6.18 Å². The SMILES string of the molecule is Cc1cn(-c2cc(NC(=O)c3ccc(C)c(NC(C)(C)C)c3)cc(C(F)(F)F)c2)cn1. The summed E-state index contributed by atoms with van der Waals surface area (Å²) in [6, 6.07) is 8.57. The van der Waals surface area contributed by atoms with E-state index in [0.29, 0.717) is 11.3 Å². The van der Waals surface area contributed by atoms with Crippen LogP contribution in [0.15, 0.2) is 48.9 Å². The van der Waals surface area contributed by atoms with Gasteiger partial charge in [0.2, 0.25) is 0 Å². The van der Waals surface area contributed by atoms with Gasteiger partial charge in [-0.2, -0.15) is 13.2 Å². The fraction of sp³-hybridized carbons (Fsp3) is 0.304. The van der Waals surface area contributed by atoms with Crippen LogP contribution < -0.4 is 10.6 Å². The van der Waals surface area contributed by atoms with Gasteiger partial charge in [0.1, 0.15) is 0 Å². The van der Waals surface area contributed by atoms with Gasteiger partial charge in [-0.25, -0.2) is 4.98 Å². The molecule has 0 saturated carbocycles. The maximum Gasteiger partial charge on any atom is 0.416 e. The Bertz CT molecular complexity index is 1110. The molecule has 0 aliphatic rings. The number of aromatic nitrogens is 2. The normalized spacial score (nSPS) is 12.0. The van der Waals surface area contributed by atoms with E-state index in [1.165, 1.54) is 17.0 Å². The van der Waals surface area contributed by atoms with Gasteiger partial charge < -0.3 is 15.2 Å². The first-order valence-electron chi connectivity index (χ1n) is 9.75. The minimum absolute atomic E-state index is 0.0482. The maximum atomic E-state index is 13.4. The predicted octanol–water partition coefficient (Wildman–Crippen LogP) is 5.97. The van der Waals surface area contributed by atoms with Crippen molar-refractivity contribution in [3.63, 3.8) is 0 Å². The molecular weight excluding hydrogens is 405 g/mol. The molecule has 2 aromatic carbocycles. The summed E-state index contributed by atoms with van der Waals surface area (Å²) in [6.07, 6.45) is -1.51. The summed E-state index contributed by atoms with van der Waals surface area (Å²) in [4.78, 5) is 16.9. The number of carbonyl (C=O) groups excluding carboxylic acids is 1. The largest absolute Gasteiger partial charge is 0.416 e. The fourth-order valence-corrected chi connectivity index (χ4v) is 3.06. The molecule has 0 unspecified atom stereocenters. The molecule has 3 rings (SSSR count). The summed E-state index contributed by atoms with van der Waals surface area (Å²) in [5, 5.41) is 5.93. The number of imidazole rings is 1. The van der Waals surface area contributed by atoms with E-state index < -0.39 is 17.6 Å². The molecule has 0 bridgehead atoms. The van der Waals surface area contributed by atoms with Crippen molar-refractivity contribution < 1.29 is 18.0 Å². The molecule has 0 saturated heterocycles. The van der Waals surface area contributed by atoms with Gasteiger partial charge in [0.15, 0.2) is 0 Å². The average Bonchev–Trinajstić information content (AvgIpc) is 3.08. The number of nitrogens with one attached hydrogen (secondary N) is 2. The number of nitrogens with zero attached hydrogens (tertiary/aromatic N) is 2. The number of aryl methyl sites for hydroxylation is 2. The highest BCUT2D eigenvalue weighted by molar-refractivity contribution is 6.05. The second-order valence-electron chi connectivity index (χ2n) is 8.55. The van der Waals surface area contributed by atoms with Gasteiger partial charge in [-0.05, 0) is 70.5 Å². The van der Waals surface area contributed by atoms with Crippen molar-refractivity contribution in [2.45, 2.75) is 46.3 Å². The predicted molar refractivity (Wildman–Crippen MR) is 116 cm³/mol. The van der Waals surface area contributed by atoms with Crippen molar-refractivity contribution in [1.82, 2.24) is 9.55 Å². The van der Waals surface area contributed by atoms with E-state index >= 15 is 0 Å². The highest BCUT2D eigenvalue weighted by Gasteiger charge is 2.31. The van der Waals surface area contributed by atoms with Crippen LogP contribution in [0.1, 0.15) is 48.0 Å². The molecule has 1 amide bonds. The Hall–Kier alpha value is -3.29. The summed E-state index contributed by atoms with van der Waals surface area (Å²) < 4.78 is 41.8. The van der Waals surface area contributed by atoms with Crippen molar-refractivity contribution in [3.8, 4) is 5.69 Å². The molecule has 3 aromatic rings. The summed E-state index contributed by atoms with van der Waals surface area (Å²) in [6.45, 7) is 9.67. The minimum atomic E-state index is -4.56. The quantitative estimate of drug-likeness (QED) is 0.536. The Kier molecular flexibility index (Phi) is 5.85. The second-order valence-corrected chi connectivity index (χ2v) is 8.55. The van der Waals surface area contributed by atoms with Crippen molar-refractivity contribution in [2.75, 3.05) is 10.6 Å². The molecule has 0 radical (unpaired) electrons. The number of amides is 1. The molecule has 164 valence electrons. The lowest BCUT2D eigenvalue weighted by Gasteiger charge is -2.24. The van der Waals surface area contributed by atoms with Crippen molar-refractivity contribution in [2.24, 2.45) is 0 Å². The number of alkyl halides is 3. The number of hydrogen-bond acceptors (Lipinski definition) is 3. The maximum absolute atomic E-state index is 13.4. The van der Waals surface area contributed by atoms with E-state index in [4.69, 9.17) is 0 Å². The second kappa shape index (κ2) is 8.09. The fourth-order valence-electron chi connectivity index (χ4n) is 3.06. The average molecular weight is 430 g/mol. The summed E-state index contributed by atoms with van der Waals surface area (Å²) in [5.41, 5.74) is 2.00. The van der Waals surface area contributed by atoms with E-state index in [9.17, 15) is 18.0 Å². The lowest BCUT2D eigenvalue weighted by molar-refractivity contribution is -0.137. The summed E-state index contributed by atoms with van der Waals surface area (Å²) >= 11 is 0. The number of anilines is 2. The first kappa shape index (κ1) is 22.4. The third-order valence-corrected chi connectivity index (χ3v) is 4.52. The molecule has 0 spiro atoms. The van der Waals surface area contributed by atoms with Gasteiger partial charge in [0, 0.05) is 34.4 Å². The van der Waals surface area contributed by atoms with Crippen molar-refractivity contribution in [3.05, 3.63) is 71.3 Å². The van der Waals surface area contributed by atoms with Crippen LogP contribution in [0.25, 0.3) is 5.69 Å². The topological polar surface area (TPSA) is 59.0 Å². The Labute approximate surface area is 179 Å². The number of halogens is 3. The van der Waals surface area contributed by atoms with Gasteiger partial charge in [-0.15, -0.1) is 0 Å². The lowest BCUT2D eigenvalue weighted by atomic mass is 10.0. The lowest BCUT2D eigenvalue weighted by Crippen LogP contribution is -2.26. The molecule has 0 fully saturated rings. The summed E-state index contributed by atoms with van der Waals surface area (Å²) in [5.74, 6) is -0.496. The minimum Gasteiger partial charge on any atom is -0.380 e. The van der Waals surface area contributed by atoms with Crippen molar-refractivity contribution >= 4 is 17.3 Å². The zero-order chi connectivity index (χ0) is 23.0. The van der Waals surface area contributed by atoms with E-state index in [-0.39, 0.29) is 16.9 Å². The van der Waals surface area contributed by atoms with Gasteiger partial charge in [0.25, 0.3) is 5.91 Å². The highest BCUT2D eigenvalue weighted by Crippen LogP contribution is 2.33. The van der Waals surface area contributed by atoms with Crippen molar-refractivity contribution in [1.29, 1.82) is 0 Å². The van der Waals surface area contributed by atoms with Gasteiger partial charge in [-0.1, -0.05) is 6.07 Å². The highest BCUT2D eigenvalue weighted by atomic mass is 19.4. The van der Waals surface area contributed by atoms with Gasteiger partial charge in [0.05, 0.1) is 17.6 Å². The molecular formula is C23H25F3N4O. The molecule has 1 aromatic heterocycles. The van der Waals surface area contributed by atoms with E-state index in [1.807, 2.05) is 27.7 Å². The molecule has 0 atom stereocenters. The number of carbonyl (C=O) groups is 1. The number of benzene rings is 2. The van der Waals surface area contributed by atoms with E-state index in [1.54, 1.807) is 31.3 Å². The van der Waals surface area contributed by atoms with E-state index in [0.717, 1.165) is 23.4 Å². The molecule has 0 aliphatic heterocycles. The Morgan fingerprint density at radius 2 is 1.74 bits per heavy atom. The van der Waals surface area contributed by atoms with Crippen LogP contribution in [0.5, 0.6) is 0 Å². The van der Waals surface area contributed by atoms with Crippen LogP contribution in [0.2, 0.25) is 0 Å².